The van der Waals surface area contributed by atoms with E-state index < -0.39 is 0 Å². The summed E-state index contributed by atoms with van der Waals surface area (Å²) in [6, 6.07) is 0. The van der Waals surface area contributed by atoms with Gasteiger partial charge in [-0.25, -0.2) is 0 Å². The van der Waals surface area contributed by atoms with Gasteiger partial charge < -0.3 is 4.74 Å². The Balaban J connectivity index is 0.000000160. The van der Waals surface area contributed by atoms with Gasteiger partial charge in [-0.1, -0.05) is 0 Å². The Morgan fingerprint density at radius 3 is 2.00 bits per heavy atom. The standard InChI is InChI=1S/C3H6O.H2S/c1-3-2-4-3;/h3H,2H2,1H3;1H2. The van der Waals surface area contributed by atoms with Gasteiger partial charge in [0.2, 0.25) is 0 Å². The third-order valence-corrected chi connectivity index (χ3v) is 0.500. The molecule has 0 aromatic rings. The molecule has 5 heavy (non-hydrogen) atoms. The van der Waals surface area contributed by atoms with Crippen LogP contribution in [0.5, 0.6) is 0 Å². The second-order valence-corrected chi connectivity index (χ2v) is 1.14. The maximum atomic E-state index is 4.71. The summed E-state index contributed by atoms with van der Waals surface area (Å²) >= 11 is 0. The number of ether oxygens (including phenoxy) is 1. The van der Waals surface area contributed by atoms with Gasteiger partial charge in [0.25, 0.3) is 0 Å². The van der Waals surface area contributed by atoms with Crippen molar-refractivity contribution in [2.24, 2.45) is 0 Å². The van der Waals surface area contributed by atoms with Crippen molar-refractivity contribution in [3.63, 3.8) is 0 Å². The third-order valence-electron chi connectivity index (χ3n) is 0.500. The zero-order valence-electron chi connectivity index (χ0n) is 3.19. The van der Waals surface area contributed by atoms with Crippen LogP contribution in [0, 0.1) is 0 Å². The molecule has 0 saturated carbocycles. The highest BCUT2D eigenvalue weighted by molar-refractivity contribution is 7.59. The maximum Gasteiger partial charge on any atom is 0.0781 e. The first-order chi connectivity index (χ1) is 1.89. The molecule has 0 amide bonds. The molecule has 1 aliphatic rings. The Bertz CT molecular complexity index is 26.1. The lowest BCUT2D eigenvalue weighted by atomic mass is 10.6. The van der Waals surface area contributed by atoms with Crippen LogP contribution in [-0.2, 0) is 4.74 Å². The fourth-order valence-electron chi connectivity index (χ4n) is 0.0962. The molecule has 1 heterocycles. The van der Waals surface area contributed by atoms with Crippen LogP contribution < -0.4 is 0 Å². The van der Waals surface area contributed by atoms with Crippen LogP contribution in [0.3, 0.4) is 0 Å². The molecule has 1 saturated heterocycles. The highest BCUT2D eigenvalue weighted by atomic mass is 32.1. The molecule has 1 aliphatic heterocycles. The van der Waals surface area contributed by atoms with Crippen LogP contribution in [-0.4, -0.2) is 12.7 Å². The van der Waals surface area contributed by atoms with Crippen molar-refractivity contribution in [3.8, 4) is 0 Å². The maximum absolute atomic E-state index is 4.71. The van der Waals surface area contributed by atoms with Gasteiger partial charge in [0.15, 0.2) is 0 Å². The van der Waals surface area contributed by atoms with E-state index >= 15 is 0 Å². The molecule has 1 rings (SSSR count). The first kappa shape index (κ1) is 5.31. The highest BCUT2D eigenvalue weighted by Gasteiger charge is 2.13. The summed E-state index contributed by atoms with van der Waals surface area (Å²) in [5.74, 6) is 0. The van der Waals surface area contributed by atoms with Crippen LogP contribution in [0.15, 0.2) is 0 Å². The van der Waals surface area contributed by atoms with Crippen molar-refractivity contribution in [2.75, 3.05) is 6.61 Å². The van der Waals surface area contributed by atoms with Gasteiger partial charge in [0.05, 0.1) is 12.7 Å². The van der Waals surface area contributed by atoms with Gasteiger partial charge in [-0.05, 0) is 6.92 Å². The van der Waals surface area contributed by atoms with Crippen molar-refractivity contribution < 1.29 is 4.74 Å². The van der Waals surface area contributed by atoms with Gasteiger partial charge >= 0.3 is 0 Å². The van der Waals surface area contributed by atoms with Crippen LogP contribution >= 0.6 is 13.5 Å². The highest BCUT2D eigenvalue weighted by Crippen LogP contribution is 2.04. The van der Waals surface area contributed by atoms with E-state index in [1.807, 2.05) is 0 Å². The first-order valence-corrected chi connectivity index (χ1v) is 1.51. The number of hydrogen-bond donors (Lipinski definition) is 0. The van der Waals surface area contributed by atoms with Crippen molar-refractivity contribution >= 4 is 13.5 Å². The lowest BCUT2D eigenvalue weighted by molar-refractivity contribution is 0.423. The second-order valence-electron chi connectivity index (χ2n) is 1.14. The molecule has 0 radical (unpaired) electrons. The van der Waals surface area contributed by atoms with E-state index in [0.29, 0.717) is 6.10 Å². The Morgan fingerprint density at radius 1 is 1.80 bits per heavy atom. The zero-order chi connectivity index (χ0) is 2.99. The number of hydrogen-bond acceptors (Lipinski definition) is 1. The Morgan fingerprint density at radius 2 is 2.00 bits per heavy atom. The summed E-state index contributed by atoms with van der Waals surface area (Å²) in [6.07, 6.45) is 0.583. The minimum absolute atomic E-state index is 0. The summed E-state index contributed by atoms with van der Waals surface area (Å²) in [7, 11) is 0. The Labute approximate surface area is 38.8 Å². The SMILES string of the molecule is CC1CO1.S. The third kappa shape index (κ3) is 2.10. The van der Waals surface area contributed by atoms with E-state index in [9.17, 15) is 0 Å². The molecular formula is C3H8OS. The van der Waals surface area contributed by atoms with Gasteiger partial charge in [-0.2, -0.15) is 13.5 Å². The molecule has 32 valence electrons. The van der Waals surface area contributed by atoms with Crippen molar-refractivity contribution in [1.29, 1.82) is 0 Å². The van der Waals surface area contributed by atoms with E-state index in [0.717, 1.165) is 6.61 Å². The molecule has 1 nitrogen and oxygen atoms in total. The van der Waals surface area contributed by atoms with Crippen molar-refractivity contribution in [3.05, 3.63) is 0 Å². The van der Waals surface area contributed by atoms with E-state index in [-0.39, 0.29) is 13.5 Å². The molecule has 2 heteroatoms. The molecule has 0 spiro atoms. The molecule has 0 N–H and O–H groups in total. The minimum Gasteiger partial charge on any atom is -0.373 e. The fourth-order valence-corrected chi connectivity index (χ4v) is 0.0962. The number of epoxide rings is 1. The lowest BCUT2D eigenvalue weighted by Gasteiger charge is -1.50. The van der Waals surface area contributed by atoms with Crippen LogP contribution in [0.1, 0.15) is 6.92 Å². The minimum atomic E-state index is 0. The topological polar surface area (TPSA) is 12.5 Å². The van der Waals surface area contributed by atoms with E-state index in [1.165, 1.54) is 0 Å². The zero-order valence-corrected chi connectivity index (χ0v) is 4.19. The average Bonchev–Trinajstić information content (AvgIpc) is 1.75. The van der Waals surface area contributed by atoms with Crippen LogP contribution in [0.2, 0.25) is 0 Å². The molecule has 1 fully saturated rings. The molecule has 1 unspecified atom stereocenters. The molecule has 1 atom stereocenters. The quantitative estimate of drug-likeness (QED) is 0.397. The van der Waals surface area contributed by atoms with Crippen LogP contribution in [0.4, 0.5) is 0 Å². The summed E-state index contributed by atoms with van der Waals surface area (Å²) in [4.78, 5) is 0. The smallest absolute Gasteiger partial charge is 0.0781 e. The number of rotatable bonds is 0. The normalized spacial score (nSPS) is 31.8. The van der Waals surface area contributed by atoms with E-state index in [2.05, 4.69) is 6.92 Å². The molecule has 0 aromatic carbocycles. The van der Waals surface area contributed by atoms with Gasteiger partial charge in [-0.15, -0.1) is 0 Å². The van der Waals surface area contributed by atoms with Gasteiger partial charge in [0.1, 0.15) is 0 Å². The monoisotopic (exact) mass is 92.0 g/mol. The fraction of sp³-hybridized carbons (Fsp3) is 1.00. The van der Waals surface area contributed by atoms with Crippen molar-refractivity contribution in [2.45, 2.75) is 13.0 Å². The molecule has 0 aliphatic carbocycles. The predicted molar refractivity (Wildman–Crippen MR) is 25.8 cm³/mol. The summed E-state index contributed by atoms with van der Waals surface area (Å²) in [5.41, 5.74) is 0. The summed E-state index contributed by atoms with van der Waals surface area (Å²) < 4.78 is 4.71. The van der Waals surface area contributed by atoms with Gasteiger partial charge in [-0.3, -0.25) is 0 Å². The lowest BCUT2D eigenvalue weighted by Crippen LogP contribution is -1.60. The summed E-state index contributed by atoms with van der Waals surface area (Å²) in [5, 5.41) is 0. The summed E-state index contributed by atoms with van der Waals surface area (Å²) in [6.45, 7) is 3.04. The van der Waals surface area contributed by atoms with E-state index in [1.54, 1.807) is 0 Å². The van der Waals surface area contributed by atoms with Crippen molar-refractivity contribution in [1.82, 2.24) is 0 Å². The predicted octanol–water partition coefficient (Wildman–Crippen LogP) is 0.518. The average molecular weight is 92.2 g/mol. The Hall–Kier alpha value is 0.310. The second kappa shape index (κ2) is 1.67. The largest absolute Gasteiger partial charge is 0.373 e. The Kier molecular flexibility index (Phi) is 1.78. The molecular weight excluding hydrogens is 84.1 g/mol. The van der Waals surface area contributed by atoms with E-state index in [4.69, 9.17) is 4.74 Å². The van der Waals surface area contributed by atoms with Gasteiger partial charge in [0, 0.05) is 0 Å². The van der Waals surface area contributed by atoms with Crippen LogP contribution in [0.25, 0.3) is 0 Å². The molecule has 0 bridgehead atoms. The first-order valence-electron chi connectivity index (χ1n) is 1.51. The molecule has 0 aromatic heterocycles.